The zero-order chi connectivity index (χ0) is 26.9. The summed E-state index contributed by atoms with van der Waals surface area (Å²) < 4.78 is 26.7. The van der Waals surface area contributed by atoms with E-state index < -0.39 is 5.82 Å². The highest BCUT2D eigenvalue weighted by Gasteiger charge is 2.26. The molecule has 39 heavy (non-hydrogen) atoms. The van der Waals surface area contributed by atoms with E-state index in [1.54, 1.807) is 24.4 Å². The zero-order valence-electron chi connectivity index (χ0n) is 21.5. The highest BCUT2D eigenvalue weighted by atomic mass is 19.1. The molecule has 2 aliphatic rings. The third kappa shape index (κ3) is 4.60. The highest BCUT2D eigenvalue weighted by Crippen LogP contribution is 2.32. The molecule has 4 heterocycles. The maximum atomic E-state index is 14.7. The van der Waals surface area contributed by atoms with Crippen LogP contribution < -0.4 is 20.5 Å². The van der Waals surface area contributed by atoms with Gasteiger partial charge in [0.1, 0.15) is 11.6 Å². The van der Waals surface area contributed by atoms with Crippen molar-refractivity contribution in [2.75, 3.05) is 44.9 Å². The lowest BCUT2D eigenvalue weighted by Gasteiger charge is -2.27. The summed E-state index contributed by atoms with van der Waals surface area (Å²) in [4.78, 5) is 25.9. The number of benzene rings is 2. The van der Waals surface area contributed by atoms with Crippen molar-refractivity contribution in [3.63, 3.8) is 0 Å². The van der Waals surface area contributed by atoms with E-state index >= 15 is 0 Å². The van der Waals surface area contributed by atoms with Crippen molar-refractivity contribution < 1.29 is 13.9 Å². The first-order valence-corrected chi connectivity index (χ1v) is 12.9. The summed E-state index contributed by atoms with van der Waals surface area (Å²) in [5, 5.41) is 13.5. The number of halogens is 1. The molecule has 0 aliphatic carbocycles. The summed E-state index contributed by atoms with van der Waals surface area (Å²) in [6, 6.07) is 13.5. The van der Waals surface area contributed by atoms with Crippen LogP contribution >= 0.6 is 0 Å². The van der Waals surface area contributed by atoms with Crippen molar-refractivity contribution in [3.8, 4) is 28.6 Å². The average Bonchev–Trinajstić information content (AvgIpc) is 3.52. The van der Waals surface area contributed by atoms with E-state index in [4.69, 9.17) is 14.5 Å². The Morgan fingerprint density at radius 2 is 2.03 bits per heavy atom. The molecule has 6 rings (SSSR count). The first-order valence-electron chi connectivity index (χ1n) is 12.9. The van der Waals surface area contributed by atoms with E-state index in [1.165, 1.54) is 23.8 Å². The van der Waals surface area contributed by atoms with E-state index in [0.29, 0.717) is 41.4 Å². The predicted molar refractivity (Wildman–Crippen MR) is 145 cm³/mol. The Morgan fingerprint density at radius 1 is 1.18 bits per heavy atom. The van der Waals surface area contributed by atoms with Gasteiger partial charge in [-0.05, 0) is 55.8 Å². The van der Waals surface area contributed by atoms with Crippen molar-refractivity contribution in [2.45, 2.75) is 18.9 Å². The van der Waals surface area contributed by atoms with E-state index in [9.17, 15) is 14.4 Å². The summed E-state index contributed by atoms with van der Waals surface area (Å²) in [5.41, 5.74) is 2.18. The van der Waals surface area contributed by atoms with Crippen molar-refractivity contribution in [1.29, 1.82) is 5.26 Å². The molecule has 0 amide bonds. The standard InChI is InChI=1S/C29H27FN6O3/c1-38-25-6-5-20(15-23(25)30)36-28(24-3-2-8-32-24)34-27-21(13-18(16-31)14-22(27)29(36)37)19-4-7-26(33-17-19)35-9-11-39-12-10-35/h4-7,13-15,17,24,32H,2-3,8-12H2,1H3. The average molecular weight is 527 g/mol. The lowest BCUT2D eigenvalue weighted by atomic mass is 10.0. The quantitative estimate of drug-likeness (QED) is 0.420. The van der Waals surface area contributed by atoms with Crippen LogP contribution in [0.15, 0.2) is 53.5 Å². The minimum Gasteiger partial charge on any atom is -0.494 e. The molecule has 2 aromatic heterocycles. The molecule has 1 N–H and O–H groups in total. The minimum absolute atomic E-state index is 0.0863. The van der Waals surface area contributed by atoms with Gasteiger partial charge in [-0.2, -0.15) is 5.26 Å². The van der Waals surface area contributed by atoms with Crippen LogP contribution in [0.25, 0.3) is 27.7 Å². The van der Waals surface area contributed by atoms with Gasteiger partial charge < -0.3 is 19.7 Å². The van der Waals surface area contributed by atoms with Gasteiger partial charge >= 0.3 is 0 Å². The predicted octanol–water partition coefficient (Wildman–Crippen LogP) is 3.73. The number of hydrogen-bond acceptors (Lipinski definition) is 8. The van der Waals surface area contributed by atoms with Crippen LogP contribution in [-0.4, -0.2) is 54.5 Å². The van der Waals surface area contributed by atoms with Gasteiger partial charge in [-0.25, -0.2) is 14.4 Å². The molecule has 2 aromatic carbocycles. The molecular weight excluding hydrogens is 499 g/mol. The van der Waals surface area contributed by atoms with Crippen LogP contribution in [0.2, 0.25) is 0 Å². The number of morpholine rings is 1. The van der Waals surface area contributed by atoms with Gasteiger partial charge in [0.15, 0.2) is 11.6 Å². The smallest absolute Gasteiger partial charge is 0.266 e. The van der Waals surface area contributed by atoms with Gasteiger partial charge in [-0.1, -0.05) is 0 Å². The molecule has 1 atom stereocenters. The molecule has 198 valence electrons. The number of nitrogens with zero attached hydrogens (tertiary/aromatic N) is 5. The highest BCUT2D eigenvalue weighted by molar-refractivity contribution is 5.94. The SMILES string of the molecule is COc1ccc(-n2c(C3CCCN3)nc3c(-c4ccc(N5CCOCC5)nc4)cc(C#N)cc3c2=O)cc1F. The first-order chi connectivity index (χ1) is 19.1. The van der Waals surface area contributed by atoms with Crippen LogP contribution in [0.4, 0.5) is 10.2 Å². The van der Waals surface area contributed by atoms with E-state index in [1.807, 2.05) is 12.1 Å². The van der Waals surface area contributed by atoms with Crippen molar-refractivity contribution in [3.05, 3.63) is 76.2 Å². The summed E-state index contributed by atoms with van der Waals surface area (Å²) in [6.07, 6.45) is 3.47. The summed E-state index contributed by atoms with van der Waals surface area (Å²) in [6.45, 7) is 3.64. The van der Waals surface area contributed by atoms with Gasteiger partial charge in [-0.3, -0.25) is 9.36 Å². The van der Waals surface area contributed by atoms with Crippen LogP contribution in [0, 0.1) is 17.1 Å². The number of pyridine rings is 1. The molecule has 0 bridgehead atoms. The summed E-state index contributed by atoms with van der Waals surface area (Å²) in [7, 11) is 1.39. The van der Waals surface area contributed by atoms with Gasteiger partial charge in [0.25, 0.3) is 5.56 Å². The Morgan fingerprint density at radius 3 is 2.69 bits per heavy atom. The minimum atomic E-state index is -0.578. The lowest BCUT2D eigenvalue weighted by molar-refractivity contribution is 0.122. The summed E-state index contributed by atoms with van der Waals surface area (Å²) in [5.74, 6) is 0.849. The number of hydrogen-bond donors (Lipinski definition) is 1. The first kappa shape index (κ1) is 25.0. The van der Waals surface area contributed by atoms with Crippen molar-refractivity contribution >= 4 is 16.7 Å². The Labute approximate surface area is 224 Å². The third-order valence-electron chi connectivity index (χ3n) is 7.29. The van der Waals surface area contributed by atoms with Gasteiger partial charge in [0, 0.05) is 36.5 Å². The molecule has 2 fully saturated rings. The molecule has 2 saturated heterocycles. The largest absolute Gasteiger partial charge is 0.494 e. The second kappa shape index (κ2) is 10.4. The van der Waals surface area contributed by atoms with Crippen molar-refractivity contribution in [2.24, 2.45) is 0 Å². The Balaban J connectivity index is 1.55. The van der Waals surface area contributed by atoms with Gasteiger partial charge in [0.2, 0.25) is 0 Å². The van der Waals surface area contributed by atoms with Crippen LogP contribution in [0.3, 0.4) is 0 Å². The number of aromatic nitrogens is 3. The fraction of sp³-hybridized carbons (Fsp3) is 0.310. The maximum Gasteiger partial charge on any atom is 0.266 e. The van der Waals surface area contributed by atoms with E-state index in [0.717, 1.165) is 43.9 Å². The molecule has 9 nitrogen and oxygen atoms in total. The maximum absolute atomic E-state index is 14.7. The number of fused-ring (bicyclic) bond motifs is 1. The fourth-order valence-corrected chi connectivity index (χ4v) is 5.30. The topological polar surface area (TPSA) is 105 Å². The summed E-state index contributed by atoms with van der Waals surface area (Å²) >= 11 is 0. The Hall–Kier alpha value is -4.33. The monoisotopic (exact) mass is 526 g/mol. The van der Waals surface area contributed by atoms with Gasteiger partial charge in [0.05, 0.1) is 54.6 Å². The second-order valence-electron chi connectivity index (χ2n) is 9.61. The van der Waals surface area contributed by atoms with Crippen LogP contribution in [0.5, 0.6) is 5.75 Å². The Bertz CT molecular complexity index is 1630. The molecule has 0 saturated carbocycles. The van der Waals surface area contributed by atoms with E-state index in [2.05, 4.69) is 21.3 Å². The molecule has 2 aliphatic heterocycles. The van der Waals surface area contributed by atoms with Crippen LogP contribution in [-0.2, 0) is 4.74 Å². The molecule has 10 heteroatoms. The number of rotatable bonds is 5. The number of methoxy groups -OCH3 is 1. The van der Waals surface area contributed by atoms with Crippen molar-refractivity contribution in [1.82, 2.24) is 19.9 Å². The molecular formula is C29H27FN6O3. The molecule has 1 unspecified atom stereocenters. The lowest BCUT2D eigenvalue weighted by Crippen LogP contribution is -2.36. The normalized spacial score (nSPS) is 17.4. The molecule has 0 spiro atoms. The van der Waals surface area contributed by atoms with Gasteiger partial charge in [-0.15, -0.1) is 0 Å². The fourth-order valence-electron chi connectivity index (χ4n) is 5.30. The zero-order valence-corrected chi connectivity index (χ0v) is 21.5. The molecule has 4 aromatic rings. The third-order valence-corrected chi connectivity index (χ3v) is 7.29. The molecule has 0 radical (unpaired) electrons. The number of nitrogens with one attached hydrogen (secondary N) is 1. The second-order valence-corrected chi connectivity index (χ2v) is 9.61. The van der Waals surface area contributed by atoms with E-state index in [-0.39, 0.29) is 22.7 Å². The number of anilines is 1. The number of ether oxygens (including phenoxy) is 2. The Kier molecular flexibility index (Phi) is 6.69. The van der Waals surface area contributed by atoms with Crippen LogP contribution in [0.1, 0.15) is 30.3 Å². The number of nitriles is 1.